The van der Waals surface area contributed by atoms with E-state index >= 15 is 0 Å². The Morgan fingerprint density at radius 1 is 1.20 bits per heavy atom. The fourth-order valence-electron chi connectivity index (χ4n) is 1.55. The van der Waals surface area contributed by atoms with Gasteiger partial charge in [-0.15, -0.1) is 0 Å². The maximum atomic E-state index is 13.4. The highest BCUT2D eigenvalue weighted by Crippen LogP contribution is 2.21. The van der Waals surface area contributed by atoms with Crippen LogP contribution in [0.15, 0.2) is 30.5 Å². The number of nitrogens with zero attached hydrogens (tertiary/aromatic N) is 1. The third-order valence-corrected chi connectivity index (χ3v) is 2.43. The minimum absolute atomic E-state index is 0.0156. The summed E-state index contributed by atoms with van der Waals surface area (Å²) in [7, 11) is 0. The number of halogens is 3. The Kier molecular flexibility index (Phi) is 3.85. The van der Waals surface area contributed by atoms with Gasteiger partial charge in [0.2, 0.25) is 0 Å². The van der Waals surface area contributed by atoms with Gasteiger partial charge in [-0.05, 0) is 12.1 Å². The number of nitrogen functional groups attached to an aromatic ring is 1. The molecule has 0 saturated heterocycles. The molecule has 2 rings (SSSR count). The number of anilines is 2. The van der Waals surface area contributed by atoms with Crippen molar-refractivity contribution >= 4 is 17.4 Å². The van der Waals surface area contributed by atoms with Gasteiger partial charge < -0.3 is 10.7 Å². The van der Waals surface area contributed by atoms with Crippen LogP contribution in [0.5, 0.6) is 0 Å². The first-order valence-corrected chi connectivity index (χ1v) is 5.40. The highest BCUT2D eigenvalue weighted by atomic mass is 19.1. The van der Waals surface area contributed by atoms with E-state index in [4.69, 9.17) is 5.84 Å². The summed E-state index contributed by atoms with van der Waals surface area (Å²) in [5.41, 5.74) is 1.42. The van der Waals surface area contributed by atoms with E-state index < -0.39 is 29.0 Å². The molecule has 0 spiro atoms. The average Bonchev–Trinajstić information content (AvgIpc) is 2.42. The van der Waals surface area contributed by atoms with Crippen LogP contribution in [0.2, 0.25) is 0 Å². The number of benzene rings is 1. The Morgan fingerprint density at radius 3 is 2.45 bits per heavy atom. The van der Waals surface area contributed by atoms with Gasteiger partial charge in [0.1, 0.15) is 11.5 Å². The normalized spacial score (nSPS) is 10.2. The number of hydrogen-bond acceptors (Lipinski definition) is 4. The van der Waals surface area contributed by atoms with Crippen molar-refractivity contribution < 1.29 is 18.0 Å². The van der Waals surface area contributed by atoms with Crippen LogP contribution in [0.4, 0.5) is 24.7 Å². The van der Waals surface area contributed by atoms with Crippen LogP contribution in [0.1, 0.15) is 10.4 Å². The summed E-state index contributed by atoms with van der Waals surface area (Å²) < 4.78 is 39.6. The van der Waals surface area contributed by atoms with Gasteiger partial charge in [0, 0.05) is 18.3 Å². The lowest BCUT2D eigenvalue weighted by Gasteiger charge is -2.10. The molecule has 1 amide bonds. The molecule has 104 valence electrons. The van der Waals surface area contributed by atoms with Gasteiger partial charge in [0.05, 0.1) is 5.56 Å². The number of rotatable bonds is 3. The fourth-order valence-corrected chi connectivity index (χ4v) is 1.55. The lowest BCUT2D eigenvalue weighted by atomic mass is 10.2. The zero-order chi connectivity index (χ0) is 14.7. The van der Waals surface area contributed by atoms with E-state index in [1.807, 2.05) is 5.32 Å². The molecule has 0 atom stereocenters. The third-order valence-electron chi connectivity index (χ3n) is 2.43. The quantitative estimate of drug-likeness (QED) is 0.594. The SMILES string of the molecule is NNc1ncccc1C(=O)Nc1c(F)cc(F)cc1F. The molecule has 8 heteroatoms. The largest absolute Gasteiger partial charge is 0.317 e. The summed E-state index contributed by atoms with van der Waals surface area (Å²) in [6.07, 6.45) is 1.38. The number of aromatic nitrogens is 1. The molecule has 4 N–H and O–H groups in total. The molecule has 1 aromatic carbocycles. The van der Waals surface area contributed by atoms with Crippen molar-refractivity contribution in [3.63, 3.8) is 0 Å². The monoisotopic (exact) mass is 282 g/mol. The molecule has 1 aromatic heterocycles. The molecule has 0 saturated carbocycles. The number of carbonyl (C=O) groups excluding carboxylic acids is 1. The van der Waals surface area contributed by atoms with E-state index in [0.29, 0.717) is 12.1 Å². The molecule has 1 heterocycles. The van der Waals surface area contributed by atoms with Gasteiger partial charge in [0.25, 0.3) is 5.91 Å². The molecule has 0 radical (unpaired) electrons. The number of pyridine rings is 1. The standard InChI is InChI=1S/C12H9F3N4O/c13-6-4-8(14)10(9(15)5-6)18-12(20)7-2-1-3-17-11(7)19-16/h1-5H,16H2,(H,17,19)(H,18,20). The van der Waals surface area contributed by atoms with Crippen molar-refractivity contribution in [1.29, 1.82) is 0 Å². The molecule has 0 aliphatic carbocycles. The fraction of sp³-hybridized carbons (Fsp3) is 0. The number of nitrogens with two attached hydrogens (primary N) is 1. The highest BCUT2D eigenvalue weighted by Gasteiger charge is 2.17. The summed E-state index contributed by atoms with van der Waals surface area (Å²) in [6.45, 7) is 0. The summed E-state index contributed by atoms with van der Waals surface area (Å²) in [6, 6.07) is 3.73. The van der Waals surface area contributed by atoms with E-state index in [9.17, 15) is 18.0 Å². The van der Waals surface area contributed by atoms with E-state index in [2.05, 4.69) is 10.4 Å². The predicted octanol–water partition coefficient (Wildman–Crippen LogP) is 2.04. The van der Waals surface area contributed by atoms with Gasteiger partial charge >= 0.3 is 0 Å². The van der Waals surface area contributed by atoms with Crippen molar-refractivity contribution in [3.05, 3.63) is 53.5 Å². The number of amides is 1. The van der Waals surface area contributed by atoms with Gasteiger partial charge in [-0.1, -0.05) is 0 Å². The zero-order valence-electron chi connectivity index (χ0n) is 9.95. The minimum atomic E-state index is -1.22. The second kappa shape index (κ2) is 5.57. The molecule has 0 aliphatic rings. The molecule has 5 nitrogen and oxygen atoms in total. The van der Waals surface area contributed by atoms with Crippen molar-refractivity contribution in [1.82, 2.24) is 4.98 Å². The first-order valence-electron chi connectivity index (χ1n) is 5.40. The van der Waals surface area contributed by atoms with Crippen LogP contribution in [0.25, 0.3) is 0 Å². The Bertz CT molecular complexity index is 640. The van der Waals surface area contributed by atoms with Crippen molar-refractivity contribution in [2.24, 2.45) is 5.84 Å². The first-order chi connectivity index (χ1) is 9.52. The average molecular weight is 282 g/mol. The van der Waals surface area contributed by atoms with Crippen LogP contribution in [-0.4, -0.2) is 10.9 Å². The second-order valence-electron chi connectivity index (χ2n) is 3.74. The smallest absolute Gasteiger partial charge is 0.259 e. The molecular weight excluding hydrogens is 273 g/mol. The second-order valence-corrected chi connectivity index (χ2v) is 3.74. The van der Waals surface area contributed by atoms with E-state index in [1.54, 1.807) is 0 Å². The van der Waals surface area contributed by atoms with Gasteiger partial charge in [-0.2, -0.15) is 0 Å². The summed E-state index contributed by atoms with van der Waals surface area (Å²) >= 11 is 0. The van der Waals surface area contributed by atoms with Crippen LogP contribution in [0, 0.1) is 17.5 Å². The van der Waals surface area contributed by atoms with Crippen molar-refractivity contribution in [3.8, 4) is 0 Å². The van der Waals surface area contributed by atoms with Gasteiger partial charge in [-0.3, -0.25) is 4.79 Å². The lowest BCUT2D eigenvalue weighted by Crippen LogP contribution is -2.19. The number of hydrogen-bond donors (Lipinski definition) is 3. The molecule has 0 bridgehead atoms. The Balaban J connectivity index is 2.33. The van der Waals surface area contributed by atoms with Crippen LogP contribution < -0.4 is 16.6 Å². The molecule has 0 unspecified atom stereocenters. The zero-order valence-corrected chi connectivity index (χ0v) is 9.95. The highest BCUT2D eigenvalue weighted by molar-refractivity contribution is 6.07. The number of hydrazine groups is 1. The maximum absolute atomic E-state index is 13.4. The van der Waals surface area contributed by atoms with E-state index in [-0.39, 0.29) is 11.4 Å². The Labute approximate surface area is 111 Å². The van der Waals surface area contributed by atoms with Crippen LogP contribution in [-0.2, 0) is 0 Å². The summed E-state index contributed by atoms with van der Waals surface area (Å²) in [5.74, 6) is 0.848. The maximum Gasteiger partial charge on any atom is 0.259 e. The van der Waals surface area contributed by atoms with Crippen LogP contribution in [0.3, 0.4) is 0 Å². The van der Waals surface area contributed by atoms with Gasteiger partial charge in [-0.25, -0.2) is 24.0 Å². The summed E-state index contributed by atoms with van der Waals surface area (Å²) in [5, 5.41) is 2.01. The van der Waals surface area contributed by atoms with Gasteiger partial charge in [0.15, 0.2) is 17.5 Å². The molecule has 2 aromatic rings. The summed E-state index contributed by atoms with van der Waals surface area (Å²) in [4.78, 5) is 15.7. The predicted molar refractivity (Wildman–Crippen MR) is 66.3 cm³/mol. The third kappa shape index (κ3) is 2.69. The van der Waals surface area contributed by atoms with E-state index in [1.165, 1.54) is 18.3 Å². The van der Waals surface area contributed by atoms with Crippen molar-refractivity contribution in [2.45, 2.75) is 0 Å². The number of nitrogens with one attached hydrogen (secondary N) is 2. The molecule has 20 heavy (non-hydrogen) atoms. The topological polar surface area (TPSA) is 80.0 Å². The Morgan fingerprint density at radius 2 is 1.85 bits per heavy atom. The van der Waals surface area contributed by atoms with Crippen molar-refractivity contribution in [2.75, 3.05) is 10.7 Å². The first kappa shape index (κ1) is 13.8. The van der Waals surface area contributed by atoms with Crippen LogP contribution >= 0.6 is 0 Å². The molecular formula is C12H9F3N4O. The number of carbonyl (C=O) groups is 1. The Hall–Kier alpha value is -2.61. The minimum Gasteiger partial charge on any atom is -0.317 e. The molecule has 0 fully saturated rings. The molecule has 0 aliphatic heterocycles. The van der Waals surface area contributed by atoms with E-state index in [0.717, 1.165) is 0 Å². The lowest BCUT2D eigenvalue weighted by molar-refractivity contribution is 0.102.